The summed E-state index contributed by atoms with van der Waals surface area (Å²) in [6, 6.07) is 13.1. The largest absolute Gasteiger partial charge is 0.350 e. The summed E-state index contributed by atoms with van der Waals surface area (Å²) in [6.45, 7) is 5.79. The Morgan fingerprint density at radius 3 is 2.42 bits per heavy atom. The van der Waals surface area contributed by atoms with Crippen LogP contribution in [0, 0.1) is 6.92 Å². The molecule has 0 bridgehead atoms. The minimum Gasteiger partial charge on any atom is -0.350 e. The van der Waals surface area contributed by atoms with Gasteiger partial charge in [-0.05, 0) is 50.6 Å². The molecular formula is C18H22N2O3S. The molecule has 2 aromatic carbocycles. The van der Waals surface area contributed by atoms with Gasteiger partial charge in [-0.25, -0.2) is 8.42 Å². The normalized spacial score (nSPS) is 12.5. The monoisotopic (exact) mass is 346 g/mol. The maximum absolute atomic E-state index is 12.4. The molecule has 0 aliphatic carbocycles. The molecule has 2 N–H and O–H groups in total. The second-order valence-electron chi connectivity index (χ2n) is 5.78. The SMILES string of the molecule is CCC(C)NC(=O)c1cccc(NS(=O)(=O)c2ccc(C)cc2)c1. The molecule has 0 saturated heterocycles. The van der Waals surface area contributed by atoms with Crippen molar-refractivity contribution >= 4 is 21.6 Å². The summed E-state index contributed by atoms with van der Waals surface area (Å²) in [5, 5.41) is 2.86. The van der Waals surface area contributed by atoms with Gasteiger partial charge < -0.3 is 5.32 Å². The lowest BCUT2D eigenvalue weighted by Gasteiger charge is -2.13. The van der Waals surface area contributed by atoms with Gasteiger partial charge in [0.05, 0.1) is 4.90 Å². The lowest BCUT2D eigenvalue weighted by Crippen LogP contribution is -2.31. The van der Waals surface area contributed by atoms with Gasteiger partial charge in [-0.2, -0.15) is 0 Å². The van der Waals surface area contributed by atoms with Crippen molar-refractivity contribution < 1.29 is 13.2 Å². The molecule has 128 valence electrons. The molecule has 6 heteroatoms. The van der Waals surface area contributed by atoms with Crippen LogP contribution < -0.4 is 10.0 Å². The Kier molecular flexibility index (Phi) is 5.62. The number of rotatable bonds is 6. The van der Waals surface area contributed by atoms with Gasteiger partial charge in [0, 0.05) is 17.3 Å². The zero-order chi connectivity index (χ0) is 17.7. The van der Waals surface area contributed by atoms with E-state index in [1.807, 2.05) is 20.8 Å². The minimum atomic E-state index is -3.68. The minimum absolute atomic E-state index is 0.0606. The fourth-order valence-electron chi connectivity index (χ4n) is 2.06. The number of sulfonamides is 1. The van der Waals surface area contributed by atoms with Crippen molar-refractivity contribution in [1.29, 1.82) is 0 Å². The van der Waals surface area contributed by atoms with Crippen LogP contribution in [0.4, 0.5) is 5.69 Å². The highest BCUT2D eigenvalue weighted by Gasteiger charge is 2.15. The Balaban J connectivity index is 2.19. The van der Waals surface area contributed by atoms with Crippen LogP contribution in [0.3, 0.4) is 0 Å². The van der Waals surface area contributed by atoms with Crippen LogP contribution in [0.25, 0.3) is 0 Å². The number of aryl methyl sites for hydroxylation is 1. The molecular weight excluding hydrogens is 324 g/mol. The van der Waals surface area contributed by atoms with E-state index in [9.17, 15) is 13.2 Å². The number of nitrogens with one attached hydrogen (secondary N) is 2. The number of carbonyl (C=O) groups is 1. The first-order chi connectivity index (χ1) is 11.3. The number of hydrogen-bond donors (Lipinski definition) is 2. The fraction of sp³-hybridized carbons (Fsp3) is 0.278. The van der Waals surface area contributed by atoms with E-state index in [0.717, 1.165) is 12.0 Å². The van der Waals surface area contributed by atoms with Gasteiger partial charge in [0.2, 0.25) is 0 Å². The zero-order valence-corrected chi connectivity index (χ0v) is 14.9. The van der Waals surface area contributed by atoms with E-state index in [1.165, 1.54) is 6.07 Å². The van der Waals surface area contributed by atoms with E-state index in [-0.39, 0.29) is 16.8 Å². The van der Waals surface area contributed by atoms with Crippen LogP contribution >= 0.6 is 0 Å². The van der Waals surface area contributed by atoms with Gasteiger partial charge >= 0.3 is 0 Å². The van der Waals surface area contributed by atoms with Crippen LogP contribution in [0.5, 0.6) is 0 Å². The predicted octanol–water partition coefficient (Wildman–Crippen LogP) is 3.32. The van der Waals surface area contributed by atoms with Crippen molar-refractivity contribution in [3.8, 4) is 0 Å². The number of anilines is 1. The molecule has 0 aromatic heterocycles. The Labute approximate surface area is 143 Å². The third-order valence-corrected chi connectivity index (χ3v) is 5.10. The van der Waals surface area contributed by atoms with Gasteiger partial charge in [0.25, 0.3) is 15.9 Å². The van der Waals surface area contributed by atoms with E-state index in [0.29, 0.717) is 11.3 Å². The van der Waals surface area contributed by atoms with E-state index >= 15 is 0 Å². The standard InChI is InChI=1S/C18H22N2O3S/c1-4-14(3)19-18(21)15-6-5-7-16(12-15)20-24(22,23)17-10-8-13(2)9-11-17/h5-12,14,20H,4H2,1-3H3,(H,19,21). The van der Waals surface area contributed by atoms with E-state index < -0.39 is 10.0 Å². The van der Waals surface area contributed by atoms with Gasteiger partial charge in [-0.15, -0.1) is 0 Å². The fourth-order valence-corrected chi connectivity index (χ4v) is 3.11. The summed E-state index contributed by atoms with van der Waals surface area (Å²) in [5.41, 5.74) is 1.75. The van der Waals surface area contributed by atoms with Crippen LogP contribution in [-0.4, -0.2) is 20.4 Å². The number of hydrogen-bond acceptors (Lipinski definition) is 3. The topological polar surface area (TPSA) is 75.3 Å². The van der Waals surface area contributed by atoms with Crippen molar-refractivity contribution in [3.63, 3.8) is 0 Å². The lowest BCUT2D eigenvalue weighted by atomic mass is 10.1. The molecule has 0 saturated carbocycles. The molecule has 0 aliphatic heterocycles. The summed E-state index contributed by atoms with van der Waals surface area (Å²) in [5.74, 6) is -0.222. The van der Waals surface area contributed by atoms with Gasteiger partial charge in [-0.1, -0.05) is 30.7 Å². The molecule has 0 fully saturated rings. The van der Waals surface area contributed by atoms with Gasteiger partial charge in [0.1, 0.15) is 0 Å². The van der Waals surface area contributed by atoms with Crippen molar-refractivity contribution in [1.82, 2.24) is 5.32 Å². The lowest BCUT2D eigenvalue weighted by molar-refractivity contribution is 0.0939. The van der Waals surface area contributed by atoms with E-state index in [1.54, 1.807) is 42.5 Å². The second-order valence-corrected chi connectivity index (χ2v) is 7.46. The smallest absolute Gasteiger partial charge is 0.261 e. The summed E-state index contributed by atoms with van der Waals surface area (Å²) in [4.78, 5) is 12.3. The molecule has 0 heterocycles. The summed E-state index contributed by atoms with van der Waals surface area (Å²) >= 11 is 0. The Morgan fingerprint density at radius 1 is 1.12 bits per heavy atom. The molecule has 0 spiro atoms. The predicted molar refractivity (Wildman–Crippen MR) is 95.6 cm³/mol. The zero-order valence-electron chi connectivity index (χ0n) is 14.0. The van der Waals surface area contributed by atoms with Crippen molar-refractivity contribution in [2.45, 2.75) is 38.1 Å². The van der Waals surface area contributed by atoms with Crippen LogP contribution in [0.1, 0.15) is 36.2 Å². The number of carbonyl (C=O) groups excluding carboxylic acids is 1. The third kappa shape index (κ3) is 4.58. The van der Waals surface area contributed by atoms with Crippen LogP contribution in [0.15, 0.2) is 53.4 Å². The van der Waals surface area contributed by atoms with E-state index in [2.05, 4.69) is 10.0 Å². The van der Waals surface area contributed by atoms with Gasteiger partial charge in [0.15, 0.2) is 0 Å². The molecule has 1 amide bonds. The third-order valence-electron chi connectivity index (χ3n) is 3.70. The average Bonchev–Trinajstić information content (AvgIpc) is 2.55. The maximum atomic E-state index is 12.4. The summed E-state index contributed by atoms with van der Waals surface area (Å²) < 4.78 is 27.3. The Morgan fingerprint density at radius 2 is 1.79 bits per heavy atom. The van der Waals surface area contributed by atoms with Crippen LogP contribution in [-0.2, 0) is 10.0 Å². The first-order valence-corrected chi connectivity index (χ1v) is 9.30. The number of amides is 1. The molecule has 2 aromatic rings. The molecule has 0 radical (unpaired) electrons. The highest BCUT2D eigenvalue weighted by molar-refractivity contribution is 7.92. The first kappa shape index (κ1) is 18.0. The van der Waals surface area contributed by atoms with Crippen molar-refractivity contribution in [3.05, 3.63) is 59.7 Å². The van der Waals surface area contributed by atoms with Crippen LogP contribution in [0.2, 0.25) is 0 Å². The quantitative estimate of drug-likeness (QED) is 0.842. The first-order valence-electron chi connectivity index (χ1n) is 7.82. The maximum Gasteiger partial charge on any atom is 0.261 e. The molecule has 1 unspecified atom stereocenters. The molecule has 1 atom stereocenters. The van der Waals surface area contributed by atoms with Crippen molar-refractivity contribution in [2.75, 3.05) is 4.72 Å². The summed E-state index contributed by atoms with van der Waals surface area (Å²) in [7, 11) is -3.68. The molecule has 24 heavy (non-hydrogen) atoms. The number of benzene rings is 2. The molecule has 0 aliphatic rings. The average molecular weight is 346 g/mol. The highest BCUT2D eigenvalue weighted by Crippen LogP contribution is 2.18. The Hall–Kier alpha value is -2.34. The van der Waals surface area contributed by atoms with Gasteiger partial charge in [-0.3, -0.25) is 9.52 Å². The highest BCUT2D eigenvalue weighted by atomic mass is 32.2. The molecule has 5 nitrogen and oxygen atoms in total. The van der Waals surface area contributed by atoms with E-state index in [4.69, 9.17) is 0 Å². The Bertz CT molecular complexity index is 814. The second kappa shape index (κ2) is 7.49. The molecule has 2 rings (SSSR count). The summed E-state index contributed by atoms with van der Waals surface area (Å²) in [6.07, 6.45) is 0.825. The van der Waals surface area contributed by atoms with Crippen molar-refractivity contribution in [2.24, 2.45) is 0 Å².